The van der Waals surface area contributed by atoms with Gasteiger partial charge in [0.2, 0.25) is 0 Å². The molecule has 4 nitrogen and oxygen atoms in total. The fourth-order valence-electron chi connectivity index (χ4n) is 7.34. The summed E-state index contributed by atoms with van der Waals surface area (Å²) in [5.74, 6) is 4.37. The Morgan fingerprint density at radius 3 is 1.78 bits per heavy atom. The second-order valence-electron chi connectivity index (χ2n) is 11.9. The molecule has 0 bridgehead atoms. The van der Waals surface area contributed by atoms with E-state index >= 15 is 0 Å². The van der Waals surface area contributed by atoms with E-state index in [1.54, 1.807) is 0 Å². The van der Waals surface area contributed by atoms with Gasteiger partial charge in [0, 0.05) is 16.7 Å². The smallest absolute Gasteiger partial charge is 0.260 e. The molecule has 5 heteroatoms. The van der Waals surface area contributed by atoms with Crippen LogP contribution >= 0.6 is 0 Å². The fourth-order valence-corrected chi connectivity index (χ4v) is 7.34. The van der Waals surface area contributed by atoms with Crippen molar-refractivity contribution < 1.29 is 9.47 Å². The highest BCUT2D eigenvalue weighted by molar-refractivity contribution is 6.98. The van der Waals surface area contributed by atoms with E-state index < -0.39 is 0 Å². The predicted molar refractivity (Wildman–Crippen MR) is 187 cm³/mol. The summed E-state index contributed by atoms with van der Waals surface area (Å²) in [5.41, 5.74) is 9.77. The standard InChI is InChI=1S/C41H25BN2O2/c1-2-12-27(13-3-1)44-35-19-9-8-18-34(35)43-41(44)31-23-22-28(29-14-4-5-15-30(29)31)26-24-38-40-39(25-26)46-37-21-11-7-17-33(37)42(40)32-16-6-10-20-36(32)45-38/h1-25H. The van der Waals surface area contributed by atoms with Crippen molar-refractivity contribution in [2.75, 3.05) is 0 Å². The fraction of sp³-hybridized carbons (Fsp3) is 0. The van der Waals surface area contributed by atoms with E-state index in [-0.39, 0.29) is 6.71 Å². The van der Waals surface area contributed by atoms with E-state index in [9.17, 15) is 0 Å². The van der Waals surface area contributed by atoms with E-state index in [0.717, 1.165) is 89.4 Å². The Hall–Kier alpha value is -6.07. The lowest BCUT2D eigenvalue weighted by Gasteiger charge is -2.33. The highest BCUT2D eigenvalue weighted by Crippen LogP contribution is 2.42. The van der Waals surface area contributed by atoms with Crippen LogP contribution in [0.1, 0.15) is 0 Å². The maximum absolute atomic E-state index is 6.61. The van der Waals surface area contributed by atoms with E-state index in [0.29, 0.717) is 0 Å². The first-order valence-corrected chi connectivity index (χ1v) is 15.6. The van der Waals surface area contributed by atoms with Gasteiger partial charge in [-0.2, -0.15) is 0 Å². The molecule has 0 amide bonds. The summed E-state index contributed by atoms with van der Waals surface area (Å²) in [6.07, 6.45) is 0. The maximum Gasteiger partial charge on any atom is 0.260 e. The van der Waals surface area contributed by atoms with Crippen LogP contribution in [0.15, 0.2) is 152 Å². The average Bonchev–Trinajstić information content (AvgIpc) is 3.50. The number of para-hydroxylation sites is 5. The molecule has 3 heterocycles. The monoisotopic (exact) mass is 588 g/mol. The van der Waals surface area contributed by atoms with Crippen molar-refractivity contribution in [2.45, 2.75) is 0 Å². The van der Waals surface area contributed by atoms with Crippen LogP contribution < -0.4 is 25.9 Å². The van der Waals surface area contributed by atoms with Crippen molar-refractivity contribution in [3.63, 3.8) is 0 Å². The topological polar surface area (TPSA) is 36.3 Å². The van der Waals surface area contributed by atoms with Crippen LogP contribution in [0.5, 0.6) is 23.0 Å². The van der Waals surface area contributed by atoms with Crippen molar-refractivity contribution in [1.29, 1.82) is 0 Å². The van der Waals surface area contributed by atoms with Gasteiger partial charge in [-0.15, -0.1) is 0 Å². The molecular formula is C41H25BN2O2. The van der Waals surface area contributed by atoms with Gasteiger partial charge in [-0.1, -0.05) is 97.1 Å². The zero-order chi connectivity index (χ0) is 30.2. The van der Waals surface area contributed by atoms with E-state index in [1.165, 1.54) is 0 Å². The zero-order valence-electron chi connectivity index (χ0n) is 24.7. The van der Waals surface area contributed by atoms with E-state index in [4.69, 9.17) is 14.5 Å². The van der Waals surface area contributed by atoms with Crippen LogP contribution in [0, 0.1) is 0 Å². The minimum atomic E-state index is 0.0547. The second kappa shape index (κ2) is 9.72. The minimum Gasteiger partial charge on any atom is -0.458 e. The third kappa shape index (κ3) is 3.66. The van der Waals surface area contributed by atoms with Crippen LogP contribution in [0.4, 0.5) is 0 Å². The number of ether oxygens (including phenoxy) is 2. The summed E-state index contributed by atoms with van der Waals surface area (Å²) in [5, 5.41) is 2.28. The zero-order valence-corrected chi connectivity index (χ0v) is 24.7. The van der Waals surface area contributed by atoms with Crippen LogP contribution in [-0.4, -0.2) is 16.3 Å². The Morgan fingerprint density at radius 2 is 1.07 bits per heavy atom. The summed E-state index contributed by atoms with van der Waals surface area (Å²) in [6.45, 7) is 0.0547. The average molecular weight is 588 g/mol. The molecule has 46 heavy (non-hydrogen) atoms. The number of fused-ring (bicyclic) bond motifs is 6. The first kappa shape index (κ1) is 25.3. The third-order valence-electron chi connectivity index (χ3n) is 9.34. The second-order valence-corrected chi connectivity index (χ2v) is 11.9. The molecule has 0 aliphatic carbocycles. The van der Waals surface area contributed by atoms with Crippen LogP contribution in [0.25, 0.3) is 50.0 Å². The molecule has 0 unspecified atom stereocenters. The number of hydrogen-bond donors (Lipinski definition) is 0. The molecule has 0 saturated heterocycles. The summed E-state index contributed by atoms with van der Waals surface area (Å²) in [6, 6.07) is 52.9. The Morgan fingerprint density at radius 1 is 0.500 bits per heavy atom. The molecule has 0 radical (unpaired) electrons. The summed E-state index contributed by atoms with van der Waals surface area (Å²) in [4.78, 5) is 5.18. The molecule has 8 aromatic rings. The first-order chi connectivity index (χ1) is 22.8. The number of benzene rings is 7. The highest BCUT2D eigenvalue weighted by Gasteiger charge is 2.40. The Labute approximate surface area is 266 Å². The number of hydrogen-bond acceptors (Lipinski definition) is 3. The molecule has 7 aromatic carbocycles. The van der Waals surface area contributed by atoms with Crippen molar-refractivity contribution in [1.82, 2.24) is 9.55 Å². The molecule has 10 rings (SSSR count). The largest absolute Gasteiger partial charge is 0.458 e. The van der Waals surface area contributed by atoms with Gasteiger partial charge in [0.1, 0.15) is 28.8 Å². The minimum absolute atomic E-state index is 0.0547. The Balaban J connectivity index is 1.19. The van der Waals surface area contributed by atoms with Crippen molar-refractivity contribution in [3.8, 4) is 51.2 Å². The van der Waals surface area contributed by atoms with Gasteiger partial charge in [0.05, 0.1) is 11.0 Å². The number of nitrogens with zero attached hydrogens (tertiary/aromatic N) is 2. The molecule has 2 aliphatic heterocycles. The SMILES string of the molecule is c1ccc(-n2c(-c3ccc(-c4cc5c6c(c4)Oc4ccccc4B6c4ccccc4O5)c4ccccc34)nc3ccccc32)cc1. The molecule has 0 fully saturated rings. The van der Waals surface area contributed by atoms with Crippen molar-refractivity contribution in [2.24, 2.45) is 0 Å². The van der Waals surface area contributed by atoms with Crippen LogP contribution in [-0.2, 0) is 0 Å². The van der Waals surface area contributed by atoms with Gasteiger partial charge in [0.15, 0.2) is 0 Å². The lowest BCUT2D eigenvalue weighted by Crippen LogP contribution is -2.57. The van der Waals surface area contributed by atoms with Gasteiger partial charge in [-0.25, -0.2) is 4.98 Å². The molecule has 0 atom stereocenters. The van der Waals surface area contributed by atoms with Gasteiger partial charge in [-0.3, -0.25) is 4.57 Å². The van der Waals surface area contributed by atoms with Crippen molar-refractivity contribution in [3.05, 3.63) is 152 Å². The summed E-state index contributed by atoms with van der Waals surface area (Å²) >= 11 is 0. The molecule has 1 aromatic heterocycles. The number of rotatable bonds is 3. The molecule has 2 aliphatic rings. The Bertz CT molecular complexity index is 2430. The summed E-state index contributed by atoms with van der Waals surface area (Å²) in [7, 11) is 0. The lowest BCUT2D eigenvalue weighted by atomic mass is 9.35. The van der Waals surface area contributed by atoms with Crippen molar-refractivity contribution >= 4 is 44.9 Å². The van der Waals surface area contributed by atoms with E-state index in [2.05, 4.69) is 132 Å². The van der Waals surface area contributed by atoms with Gasteiger partial charge < -0.3 is 9.47 Å². The maximum atomic E-state index is 6.61. The third-order valence-corrected chi connectivity index (χ3v) is 9.34. The van der Waals surface area contributed by atoms with Crippen LogP contribution in [0.3, 0.4) is 0 Å². The van der Waals surface area contributed by atoms with Crippen LogP contribution in [0.2, 0.25) is 0 Å². The van der Waals surface area contributed by atoms with E-state index in [1.807, 2.05) is 24.3 Å². The number of aromatic nitrogens is 2. The van der Waals surface area contributed by atoms with Gasteiger partial charge in [-0.05, 0) is 87.4 Å². The number of imidazole rings is 1. The molecule has 0 saturated carbocycles. The van der Waals surface area contributed by atoms with Gasteiger partial charge in [0.25, 0.3) is 6.71 Å². The predicted octanol–water partition coefficient (Wildman–Crippen LogP) is 8.24. The quantitative estimate of drug-likeness (QED) is 0.195. The molecule has 0 N–H and O–H groups in total. The molecule has 214 valence electrons. The molecule has 0 spiro atoms. The molecular weight excluding hydrogens is 563 g/mol. The lowest BCUT2D eigenvalue weighted by molar-refractivity contribution is 0.465. The highest BCUT2D eigenvalue weighted by atomic mass is 16.5. The summed E-state index contributed by atoms with van der Waals surface area (Å²) < 4.78 is 15.5. The first-order valence-electron chi connectivity index (χ1n) is 15.6. The van der Waals surface area contributed by atoms with Gasteiger partial charge >= 0.3 is 0 Å². The normalized spacial score (nSPS) is 12.7. The Kier molecular flexibility index (Phi) is 5.34.